The van der Waals surface area contributed by atoms with Crippen LogP contribution in [0.2, 0.25) is 0 Å². The number of aromatic nitrogens is 1. The number of hydrogen-bond acceptors (Lipinski definition) is 4. The lowest BCUT2D eigenvalue weighted by molar-refractivity contribution is 0.103. The minimum absolute atomic E-state index is 0.0176. The second-order valence-corrected chi connectivity index (χ2v) is 4.34. The third kappa shape index (κ3) is 1.51. The molecule has 2 aromatic rings. The van der Waals surface area contributed by atoms with Crippen molar-refractivity contribution in [3.63, 3.8) is 0 Å². The molecular formula is C12H9NO2S. The highest BCUT2D eigenvalue weighted by Gasteiger charge is 2.16. The van der Waals surface area contributed by atoms with Gasteiger partial charge in [0.05, 0.1) is 12.1 Å². The number of hydrogen-bond donors (Lipinski definition) is 0. The number of ketones is 1. The maximum Gasteiger partial charge on any atom is 0.212 e. The summed E-state index contributed by atoms with van der Waals surface area (Å²) < 4.78 is 5.40. The van der Waals surface area contributed by atoms with Gasteiger partial charge in [-0.1, -0.05) is 0 Å². The zero-order valence-corrected chi connectivity index (χ0v) is 9.29. The van der Waals surface area contributed by atoms with Crippen LogP contribution in [0.3, 0.4) is 0 Å². The number of thiazole rings is 1. The Labute approximate surface area is 96.7 Å². The largest absolute Gasteiger partial charge is 0.493 e. The smallest absolute Gasteiger partial charge is 0.212 e. The Morgan fingerprint density at radius 2 is 2.38 bits per heavy atom. The zero-order chi connectivity index (χ0) is 11.0. The Hall–Kier alpha value is -1.68. The van der Waals surface area contributed by atoms with Crippen molar-refractivity contribution in [1.82, 2.24) is 4.98 Å². The maximum atomic E-state index is 12.0. The molecule has 0 radical (unpaired) electrons. The van der Waals surface area contributed by atoms with Gasteiger partial charge in [-0.3, -0.25) is 4.79 Å². The SMILES string of the molecule is O=C(c1ccc2c(c1)CCO2)c1cscn1. The molecule has 16 heavy (non-hydrogen) atoms. The molecule has 1 aliphatic heterocycles. The lowest BCUT2D eigenvalue weighted by atomic mass is 10.0. The molecule has 3 rings (SSSR count). The minimum Gasteiger partial charge on any atom is -0.493 e. The Morgan fingerprint density at radius 3 is 3.19 bits per heavy atom. The summed E-state index contributed by atoms with van der Waals surface area (Å²) in [5, 5.41) is 1.77. The second kappa shape index (κ2) is 3.72. The van der Waals surface area contributed by atoms with E-state index in [-0.39, 0.29) is 5.78 Å². The van der Waals surface area contributed by atoms with Crippen molar-refractivity contribution in [3.05, 3.63) is 45.9 Å². The van der Waals surface area contributed by atoms with Gasteiger partial charge in [0.1, 0.15) is 11.4 Å². The Bertz CT molecular complexity index is 534. The van der Waals surface area contributed by atoms with E-state index in [4.69, 9.17) is 4.74 Å². The first-order valence-corrected chi connectivity index (χ1v) is 5.97. The van der Waals surface area contributed by atoms with E-state index in [0.717, 1.165) is 17.7 Å². The Balaban J connectivity index is 1.99. The van der Waals surface area contributed by atoms with Gasteiger partial charge in [-0.25, -0.2) is 4.98 Å². The van der Waals surface area contributed by atoms with E-state index >= 15 is 0 Å². The summed E-state index contributed by atoms with van der Waals surface area (Å²) in [6.45, 7) is 0.712. The van der Waals surface area contributed by atoms with Crippen LogP contribution in [0.5, 0.6) is 5.75 Å². The fourth-order valence-corrected chi connectivity index (χ4v) is 2.33. The summed E-state index contributed by atoms with van der Waals surface area (Å²) in [5.41, 5.74) is 3.99. The van der Waals surface area contributed by atoms with Crippen molar-refractivity contribution in [1.29, 1.82) is 0 Å². The van der Waals surface area contributed by atoms with Crippen molar-refractivity contribution >= 4 is 17.1 Å². The van der Waals surface area contributed by atoms with E-state index in [1.807, 2.05) is 12.1 Å². The molecular weight excluding hydrogens is 222 g/mol. The van der Waals surface area contributed by atoms with Crippen LogP contribution < -0.4 is 4.74 Å². The van der Waals surface area contributed by atoms with Gasteiger partial charge in [-0.05, 0) is 23.8 Å². The van der Waals surface area contributed by atoms with Crippen LogP contribution in [-0.4, -0.2) is 17.4 Å². The van der Waals surface area contributed by atoms with E-state index in [0.29, 0.717) is 17.9 Å². The van der Waals surface area contributed by atoms with Crippen LogP contribution in [0.1, 0.15) is 21.6 Å². The van der Waals surface area contributed by atoms with Crippen molar-refractivity contribution in [2.75, 3.05) is 6.61 Å². The number of fused-ring (bicyclic) bond motifs is 1. The highest BCUT2D eigenvalue weighted by Crippen LogP contribution is 2.26. The first-order valence-electron chi connectivity index (χ1n) is 5.03. The Kier molecular flexibility index (Phi) is 2.22. The van der Waals surface area contributed by atoms with Gasteiger partial charge >= 0.3 is 0 Å². The quantitative estimate of drug-likeness (QED) is 0.744. The van der Waals surface area contributed by atoms with Crippen LogP contribution in [0.15, 0.2) is 29.1 Å². The number of ether oxygens (including phenoxy) is 1. The monoisotopic (exact) mass is 231 g/mol. The van der Waals surface area contributed by atoms with Crippen LogP contribution >= 0.6 is 11.3 Å². The Morgan fingerprint density at radius 1 is 1.44 bits per heavy atom. The molecule has 0 unspecified atom stereocenters. The van der Waals surface area contributed by atoms with Gasteiger partial charge < -0.3 is 4.74 Å². The number of carbonyl (C=O) groups excluding carboxylic acids is 1. The number of rotatable bonds is 2. The molecule has 1 aromatic carbocycles. The van der Waals surface area contributed by atoms with E-state index in [1.54, 1.807) is 17.0 Å². The molecule has 80 valence electrons. The minimum atomic E-state index is -0.0176. The lowest BCUT2D eigenvalue weighted by Crippen LogP contribution is -2.01. The summed E-state index contributed by atoms with van der Waals surface area (Å²) in [5.74, 6) is 0.880. The molecule has 1 aromatic heterocycles. The van der Waals surface area contributed by atoms with Crippen molar-refractivity contribution in [2.45, 2.75) is 6.42 Å². The van der Waals surface area contributed by atoms with Gasteiger partial charge in [-0.2, -0.15) is 0 Å². The molecule has 2 heterocycles. The molecule has 0 atom stereocenters. The maximum absolute atomic E-state index is 12.0. The molecule has 0 bridgehead atoms. The lowest BCUT2D eigenvalue weighted by Gasteiger charge is -2.01. The summed E-state index contributed by atoms with van der Waals surface area (Å²) in [7, 11) is 0. The standard InChI is InChI=1S/C12H9NO2S/c14-12(10-6-16-7-13-10)9-1-2-11-8(5-9)3-4-15-11/h1-2,5-7H,3-4H2. The summed E-state index contributed by atoms with van der Waals surface area (Å²) in [4.78, 5) is 16.0. The third-order valence-electron chi connectivity index (χ3n) is 2.62. The number of nitrogens with zero attached hydrogens (tertiary/aromatic N) is 1. The molecule has 0 N–H and O–H groups in total. The molecule has 1 aliphatic rings. The van der Waals surface area contributed by atoms with Crippen molar-refractivity contribution in [3.8, 4) is 5.75 Å². The van der Waals surface area contributed by atoms with Crippen molar-refractivity contribution < 1.29 is 9.53 Å². The molecule has 0 aliphatic carbocycles. The van der Waals surface area contributed by atoms with Crippen molar-refractivity contribution in [2.24, 2.45) is 0 Å². The molecule has 0 amide bonds. The average Bonchev–Trinajstić information content (AvgIpc) is 2.98. The van der Waals surface area contributed by atoms with Gasteiger partial charge in [-0.15, -0.1) is 11.3 Å². The highest BCUT2D eigenvalue weighted by molar-refractivity contribution is 7.07. The summed E-state index contributed by atoms with van der Waals surface area (Å²) in [6, 6.07) is 5.57. The fraction of sp³-hybridized carbons (Fsp3) is 0.167. The van der Waals surface area contributed by atoms with Crippen LogP contribution in [0.4, 0.5) is 0 Å². The van der Waals surface area contributed by atoms with Gasteiger partial charge in [0.25, 0.3) is 0 Å². The van der Waals surface area contributed by atoms with Crippen LogP contribution in [0.25, 0.3) is 0 Å². The molecule has 0 fully saturated rings. The van der Waals surface area contributed by atoms with E-state index in [9.17, 15) is 4.79 Å². The molecule has 0 spiro atoms. The molecule has 4 heteroatoms. The van der Waals surface area contributed by atoms with Gasteiger partial charge in [0, 0.05) is 17.4 Å². The first-order chi connectivity index (χ1) is 7.84. The van der Waals surface area contributed by atoms with Gasteiger partial charge in [0.15, 0.2) is 0 Å². The molecule has 0 saturated carbocycles. The average molecular weight is 231 g/mol. The number of benzene rings is 1. The topological polar surface area (TPSA) is 39.2 Å². The van der Waals surface area contributed by atoms with E-state index in [1.165, 1.54) is 11.3 Å². The second-order valence-electron chi connectivity index (χ2n) is 3.62. The van der Waals surface area contributed by atoms with E-state index in [2.05, 4.69) is 4.98 Å². The van der Waals surface area contributed by atoms with Gasteiger partial charge in [0.2, 0.25) is 5.78 Å². The predicted molar refractivity (Wildman–Crippen MR) is 61.2 cm³/mol. The molecule has 0 saturated heterocycles. The zero-order valence-electron chi connectivity index (χ0n) is 8.47. The van der Waals surface area contributed by atoms with Crippen LogP contribution in [-0.2, 0) is 6.42 Å². The molecule has 3 nitrogen and oxygen atoms in total. The number of carbonyl (C=O) groups is 1. The normalized spacial score (nSPS) is 13.2. The highest BCUT2D eigenvalue weighted by atomic mass is 32.1. The summed E-state index contributed by atoms with van der Waals surface area (Å²) in [6.07, 6.45) is 0.882. The first kappa shape index (κ1) is 9.54. The fourth-order valence-electron chi connectivity index (χ4n) is 1.80. The summed E-state index contributed by atoms with van der Waals surface area (Å²) >= 11 is 1.43. The third-order valence-corrected chi connectivity index (χ3v) is 3.20. The van der Waals surface area contributed by atoms with E-state index < -0.39 is 0 Å². The predicted octanol–water partition coefficient (Wildman–Crippen LogP) is 2.31. The van der Waals surface area contributed by atoms with Crippen LogP contribution in [0, 0.1) is 0 Å².